The van der Waals surface area contributed by atoms with Crippen LogP contribution in [0.1, 0.15) is 94.7 Å². The van der Waals surface area contributed by atoms with E-state index in [1.807, 2.05) is 67.8 Å². The molecule has 16 heteroatoms. The fourth-order valence-corrected chi connectivity index (χ4v) is 9.20. The number of rotatable bonds is 12. The number of carbonyl (C=O) groups is 2. The van der Waals surface area contributed by atoms with Gasteiger partial charge in [0.15, 0.2) is 11.5 Å². The van der Waals surface area contributed by atoms with Gasteiger partial charge in [-0.15, -0.1) is 15.3 Å². The number of ether oxygens (including phenoxy) is 3. The van der Waals surface area contributed by atoms with Crippen molar-refractivity contribution in [3.8, 4) is 17.2 Å². The highest BCUT2D eigenvalue weighted by Crippen LogP contribution is 2.40. The minimum atomic E-state index is -0.628. The first-order valence-electron chi connectivity index (χ1n) is 21.1. The van der Waals surface area contributed by atoms with Crippen molar-refractivity contribution in [3.63, 3.8) is 0 Å². The number of pyridine rings is 1. The molecule has 0 saturated carbocycles. The molecule has 5 aromatic rings. The maximum atomic E-state index is 14.3. The molecule has 60 heavy (non-hydrogen) atoms. The van der Waals surface area contributed by atoms with Gasteiger partial charge in [0.1, 0.15) is 24.2 Å². The lowest BCUT2D eigenvalue weighted by molar-refractivity contribution is -0.129. The lowest BCUT2D eigenvalue weighted by atomic mass is 9.85. The molecule has 1 aliphatic carbocycles. The van der Waals surface area contributed by atoms with Gasteiger partial charge in [-0.2, -0.15) is 5.10 Å². The molecule has 4 aliphatic rings. The van der Waals surface area contributed by atoms with E-state index >= 15 is 0 Å². The minimum absolute atomic E-state index is 0.237. The summed E-state index contributed by atoms with van der Waals surface area (Å²) in [6, 6.07) is 18.7. The van der Waals surface area contributed by atoms with Crippen molar-refractivity contribution >= 4 is 41.5 Å². The molecule has 3 fully saturated rings. The van der Waals surface area contributed by atoms with Crippen LogP contribution in [0.25, 0.3) is 11.3 Å². The summed E-state index contributed by atoms with van der Waals surface area (Å²) < 4.78 is 22.3. The van der Waals surface area contributed by atoms with Crippen molar-refractivity contribution < 1.29 is 28.6 Å². The molecular weight excluding hydrogens is 786 g/mol. The molecule has 4 atom stereocenters. The number of hydroxylamine groups is 1. The van der Waals surface area contributed by atoms with Crippen LogP contribution in [0.15, 0.2) is 66.9 Å². The third-order valence-electron chi connectivity index (χ3n) is 12.2. The van der Waals surface area contributed by atoms with Crippen LogP contribution in [-0.4, -0.2) is 93.3 Å². The number of fused-ring (bicyclic) bond motifs is 4. The van der Waals surface area contributed by atoms with Crippen molar-refractivity contribution in [3.05, 3.63) is 88.7 Å². The molecule has 2 unspecified atom stereocenters. The number of halogens is 1. The van der Waals surface area contributed by atoms with Gasteiger partial charge in [-0.3, -0.25) is 14.1 Å². The van der Waals surface area contributed by atoms with Gasteiger partial charge in [-0.1, -0.05) is 56.6 Å². The Kier molecular flexibility index (Phi) is 11.3. The lowest BCUT2D eigenvalue weighted by Crippen LogP contribution is -2.47. The molecule has 0 radical (unpaired) electrons. The Balaban J connectivity index is 0.941. The highest BCUT2D eigenvalue weighted by Gasteiger charge is 2.37. The number of urea groups is 1. The Hall–Kier alpha value is -5.38. The van der Waals surface area contributed by atoms with Crippen molar-refractivity contribution in [1.82, 2.24) is 34.6 Å². The Bertz CT molecular complexity index is 2320. The van der Waals surface area contributed by atoms with E-state index in [0.29, 0.717) is 59.4 Å². The topological polar surface area (TPSA) is 141 Å². The van der Waals surface area contributed by atoms with E-state index in [0.717, 1.165) is 86.3 Å². The van der Waals surface area contributed by atoms with Gasteiger partial charge in [-0.05, 0) is 80.3 Å². The van der Waals surface area contributed by atoms with Crippen molar-refractivity contribution in [2.75, 3.05) is 49.4 Å². The van der Waals surface area contributed by atoms with E-state index in [2.05, 4.69) is 25.3 Å². The summed E-state index contributed by atoms with van der Waals surface area (Å²) in [7, 11) is 0. The Morgan fingerprint density at radius 3 is 2.52 bits per heavy atom. The van der Waals surface area contributed by atoms with Gasteiger partial charge in [0.05, 0.1) is 41.9 Å². The van der Waals surface area contributed by atoms with Gasteiger partial charge in [-0.25, -0.2) is 9.48 Å². The molecule has 2 bridgehead atoms. The SMILES string of the molecule is CC(C)(C)c1cc(N(OC=O)C(=O)N[C@H]2CC[C@@H](Oc3ccc4nnc(N5CCCCC5)n4c3)c3ccccc32)n(-c2ccc(Cl)c(OCCN3C4CCC3COC4)c2)n1. The molecule has 3 aromatic heterocycles. The van der Waals surface area contributed by atoms with E-state index in [4.69, 9.17) is 35.7 Å². The first-order chi connectivity index (χ1) is 29.1. The van der Waals surface area contributed by atoms with E-state index in [1.54, 1.807) is 28.9 Å². The molecule has 9 rings (SSSR count). The molecule has 1 N–H and O–H groups in total. The largest absolute Gasteiger partial charge is 0.491 e. The maximum absolute atomic E-state index is 14.3. The zero-order valence-electron chi connectivity index (χ0n) is 34.3. The second-order valence-corrected chi connectivity index (χ2v) is 17.5. The predicted molar refractivity (Wildman–Crippen MR) is 226 cm³/mol. The predicted octanol–water partition coefficient (Wildman–Crippen LogP) is 7.36. The Morgan fingerprint density at radius 1 is 0.967 bits per heavy atom. The van der Waals surface area contributed by atoms with Gasteiger partial charge in [0.25, 0.3) is 0 Å². The van der Waals surface area contributed by atoms with Crippen LogP contribution in [0.4, 0.5) is 16.6 Å². The molecule has 2 aromatic carbocycles. The zero-order chi connectivity index (χ0) is 41.4. The highest BCUT2D eigenvalue weighted by molar-refractivity contribution is 6.32. The monoisotopic (exact) mass is 837 g/mol. The zero-order valence-corrected chi connectivity index (χ0v) is 35.1. The van der Waals surface area contributed by atoms with Crippen molar-refractivity contribution in [1.29, 1.82) is 0 Å². The van der Waals surface area contributed by atoms with E-state index in [1.165, 1.54) is 6.42 Å². The van der Waals surface area contributed by atoms with Gasteiger partial charge in [0.2, 0.25) is 5.95 Å². The number of nitrogens with zero attached hydrogens (tertiary/aromatic N) is 8. The number of carbonyl (C=O) groups excluding carboxylic acids is 2. The quantitative estimate of drug-likeness (QED) is 0.0996. The van der Waals surface area contributed by atoms with Crippen LogP contribution in [0.5, 0.6) is 11.5 Å². The van der Waals surface area contributed by atoms with Crippen LogP contribution in [0, 0.1) is 0 Å². The second-order valence-electron chi connectivity index (χ2n) is 17.1. The molecule has 6 heterocycles. The number of nitrogens with one attached hydrogen (secondary N) is 1. The second kappa shape index (κ2) is 16.9. The summed E-state index contributed by atoms with van der Waals surface area (Å²) in [5.74, 6) is 2.26. The standard InChI is InChI=1S/C44H52ClN9O6/c1-44(2,3)39-24-41(53(49-39)29-13-15-35(45)38(23-29)58-22-21-51-30-11-12-31(51)27-57-26-30)54(59-28-55)43(56)46-36-16-17-37(34-10-6-5-9-33(34)36)60-32-14-18-40-47-48-42(52(40)25-32)50-19-7-4-8-20-50/h5-6,9-10,13-15,18,23-25,28,30-31,36-37H,4,7-8,11-12,16-17,19-22,26-27H2,1-3H3,(H,46,56)/t30?,31?,36-,37+/m0/s1. The lowest BCUT2D eigenvalue weighted by Gasteiger charge is -2.34. The van der Waals surface area contributed by atoms with E-state index < -0.39 is 17.5 Å². The van der Waals surface area contributed by atoms with E-state index in [-0.39, 0.29) is 18.4 Å². The first-order valence-corrected chi connectivity index (χ1v) is 21.5. The van der Waals surface area contributed by atoms with Crippen LogP contribution < -0.4 is 24.8 Å². The summed E-state index contributed by atoms with van der Waals surface area (Å²) in [6.45, 7) is 10.9. The average Bonchev–Trinajstić information content (AvgIpc) is 3.95. The number of amides is 2. The summed E-state index contributed by atoms with van der Waals surface area (Å²) >= 11 is 6.66. The number of anilines is 2. The molecular formula is C44H52ClN9O6. The molecule has 3 aliphatic heterocycles. The minimum Gasteiger partial charge on any atom is -0.491 e. The molecule has 0 spiro atoms. The van der Waals surface area contributed by atoms with Gasteiger partial charge < -0.3 is 29.3 Å². The van der Waals surface area contributed by atoms with Crippen LogP contribution in [0.2, 0.25) is 5.02 Å². The Labute approximate surface area is 354 Å². The third kappa shape index (κ3) is 8.09. The fraction of sp³-hybridized carbons (Fsp3) is 0.477. The van der Waals surface area contributed by atoms with Crippen LogP contribution in [-0.2, 0) is 19.8 Å². The number of hydrogen-bond acceptors (Lipinski definition) is 11. The summed E-state index contributed by atoms with van der Waals surface area (Å²) in [6.07, 6.45) is 8.68. The number of morpholine rings is 1. The van der Waals surface area contributed by atoms with Gasteiger partial charge in [0, 0.05) is 49.3 Å². The maximum Gasteiger partial charge on any atom is 0.357 e. The molecule has 15 nitrogen and oxygen atoms in total. The molecule has 316 valence electrons. The van der Waals surface area contributed by atoms with Crippen LogP contribution in [0.3, 0.4) is 0 Å². The van der Waals surface area contributed by atoms with E-state index in [9.17, 15) is 9.59 Å². The molecule has 3 saturated heterocycles. The normalized spacial score (nSPS) is 21.7. The van der Waals surface area contributed by atoms with Gasteiger partial charge >= 0.3 is 12.5 Å². The third-order valence-corrected chi connectivity index (χ3v) is 12.5. The summed E-state index contributed by atoms with van der Waals surface area (Å²) in [5.41, 5.74) is 3.50. The smallest absolute Gasteiger partial charge is 0.357 e. The first kappa shape index (κ1) is 40.0. The van der Waals surface area contributed by atoms with Crippen molar-refractivity contribution in [2.24, 2.45) is 0 Å². The Morgan fingerprint density at radius 2 is 1.75 bits per heavy atom. The number of benzene rings is 2. The number of piperidine rings is 1. The number of hydrogen-bond donors (Lipinski definition) is 1. The highest BCUT2D eigenvalue weighted by atomic mass is 35.5. The average molecular weight is 838 g/mol. The molecule has 2 amide bonds. The van der Waals surface area contributed by atoms with Crippen molar-refractivity contribution in [2.45, 2.75) is 95.4 Å². The fourth-order valence-electron chi connectivity index (χ4n) is 9.03. The summed E-state index contributed by atoms with van der Waals surface area (Å²) in [4.78, 5) is 36.6. The summed E-state index contributed by atoms with van der Waals surface area (Å²) in [5, 5.41) is 18.4. The number of aromatic nitrogens is 5. The van der Waals surface area contributed by atoms with Crippen LogP contribution >= 0.6 is 11.6 Å².